The number of aliphatic hydroxyl groups is 1. The second kappa shape index (κ2) is 9.68. The van der Waals surface area contributed by atoms with Crippen LogP contribution >= 0.6 is 0 Å². The first-order chi connectivity index (χ1) is 11.3. The third-order valence-corrected chi connectivity index (χ3v) is 4.93. The van der Waals surface area contributed by atoms with Crippen molar-refractivity contribution in [2.24, 2.45) is 17.8 Å². The summed E-state index contributed by atoms with van der Waals surface area (Å²) in [6, 6.07) is 9.73. The van der Waals surface area contributed by atoms with Crippen LogP contribution in [0, 0.1) is 17.8 Å². The highest BCUT2D eigenvalue weighted by atomic mass is 16.6. The van der Waals surface area contributed by atoms with E-state index in [0.717, 1.165) is 18.4 Å². The van der Waals surface area contributed by atoms with Gasteiger partial charge in [-0.15, -0.1) is 0 Å². The van der Waals surface area contributed by atoms with Crippen LogP contribution in [-0.2, 0) is 16.2 Å². The first kappa shape index (κ1) is 18.0. The zero-order valence-corrected chi connectivity index (χ0v) is 14.0. The Kier molecular flexibility index (Phi) is 7.56. The lowest BCUT2D eigenvalue weighted by atomic mass is 9.77. The molecule has 2 atom stereocenters. The van der Waals surface area contributed by atoms with Crippen LogP contribution in [0.3, 0.4) is 0 Å². The molecule has 4 nitrogen and oxygen atoms in total. The number of amides is 1. The van der Waals surface area contributed by atoms with Gasteiger partial charge in [-0.1, -0.05) is 69.4 Å². The Bertz CT molecular complexity index is 457. The van der Waals surface area contributed by atoms with E-state index in [1.165, 1.54) is 25.7 Å². The Morgan fingerprint density at radius 2 is 2.00 bits per heavy atom. The first-order valence-corrected chi connectivity index (χ1v) is 8.82. The van der Waals surface area contributed by atoms with E-state index in [0.29, 0.717) is 12.5 Å². The van der Waals surface area contributed by atoms with Gasteiger partial charge in [0.05, 0.1) is 19.1 Å². The lowest BCUT2D eigenvalue weighted by molar-refractivity contribution is -0.143. The molecule has 2 rings (SSSR count). The molecule has 0 spiro atoms. The lowest BCUT2D eigenvalue weighted by Gasteiger charge is -2.29. The minimum Gasteiger partial charge on any atom is -0.396 e. The van der Waals surface area contributed by atoms with Crippen molar-refractivity contribution in [2.45, 2.75) is 52.1 Å². The number of carbonyl (C=O) groups is 1. The Balaban J connectivity index is 1.87. The summed E-state index contributed by atoms with van der Waals surface area (Å²) in [5.41, 5.74) is 3.55. The zero-order chi connectivity index (χ0) is 16.5. The van der Waals surface area contributed by atoms with Crippen LogP contribution in [0.25, 0.3) is 0 Å². The number of hydroxylamine groups is 1. The van der Waals surface area contributed by atoms with Crippen LogP contribution in [-0.4, -0.2) is 17.6 Å². The predicted molar refractivity (Wildman–Crippen MR) is 90.3 cm³/mol. The molecule has 1 aromatic rings. The fraction of sp³-hybridized carbons (Fsp3) is 0.632. The standard InChI is InChI=1S/C19H29NO3/c1-2-8-17(16-11-6-7-12-16)18(13-21)19(22)20-23-14-15-9-4-3-5-10-15/h3-5,9-10,16-18,21H,2,6-8,11-14H2,1H3,(H,20,22)/t17?,18-/m0/s1. The summed E-state index contributed by atoms with van der Waals surface area (Å²) in [7, 11) is 0. The topological polar surface area (TPSA) is 58.6 Å². The van der Waals surface area contributed by atoms with Gasteiger partial charge in [0.1, 0.15) is 0 Å². The van der Waals surface area contributed by atoms with Crippen molar-refractivity contribution >= 4 is 5.91 Å². The summed E-state index contributed by atoms with van der Waals surface area (Å²) in [5.74, 6) is 0.266. The number of hydrogen-bond donors (Lipinski definition) is 2. The van der Waals surface area contributed by atoms with Crippen LogP contribution in [0.2, 0.25) is 0 Å². The minimum absolute atomic E-state index is 0.109. The van der Waals surface area contributed by atoms with E-state index in [4.69, 9.17) is 4.84 Å². The van der Waals surface area contributed by atoms with E-state index in [2.05, 4.69) is 12.4 Å². The van der Waals surface area contributed by atoms with Crippen molar-refractivity contribution in [3.8, 4) is 0 Å². The van der Waals surface area contributed by atoms with E-state index in [9.17, 15) is 9.90 Å². The summed E-state index contributed by atoms with van der Waals surface area (Å²) in [5, 5.41) is 9.75. The molecule has 0 radical (unpaired) electrons. The third-order valence-electron chi connectivity index (χ3n) is 4.93. The third kappa shape index (κ3) is 5.33. The Hall–Kier alpha value is -1.39. The van der Waals surface area contributed by atoms with Gasteiger partial charge in [0.15, 0.2) is 0 Å². The van der Waals surface area contributed by atoms with Gasteiger partial charge in [-0.25, -0.2) is 5.48 Å². The average Bonchev–Trinajstić information content (AvgIpc) is 3.10. The van der Waals surface area contributed by atoms with Gasteiger partial charge >= 0.3 is 0 Å². The Labute approximate surface area is 139 Å². The molecule has 128 valence electrons. The number of carbonyl (C=O) groups excluding carboxylic acids is 1. The van der Waals surface area contributed by atoms with Gasteiger partial charge < -0.3 is 5.11 Å². The van der Waals surface area contributed by atoms with Crippen molar-refractivity contribution in [3.63, 3.8) is 0 Å². The van der Waals surface area contributed by atoms with Crippen LogP contribution in [0.1, 0.15) is 51.0 Å². The molecule has 0 aromatic heterocycles. The van der Waals surface area contributed by atoms with Gasteiger partial charge in [0.2, 0.25) is 5.91 Å². The quantitative estimate of drug-likeness (QED) is 0.685. The van der Waals surface area contributed by atoms with E-state index in [-0.39, 0.29) is 24.3 Å². The van der Waals surface area contributed by atoms with Crippen molar-refractivity contribution < 1.29 is 14.7 Å². The molecule has 0 bridgehead atoms. The van der Waals surface area contributed by atoms with Gasteiger partial charge in [0, 0.05) is 0 Å². The summed E-state index contributed by atoms with van der Waals surface area (Å²) in [4.78, 5) is 17.8. The van der Waals surface area contributed by atoms with Crippen molar-refractivity contribution in [2.75, 3.05) is 6.61 Å². The first-order valence-electron chi connectivity index (χ1n) is 8.82. The predicted octanol–water partition coefficient (Wildman–Crippen LogP) is 3.45. The second-order valence-corrected chi connectivity index (χ2v) is 6.53. The molecule has 1 saturated carbocycles. The highest BCUT2D eigenvalue weighted by Gasteiger charge is 2.34. The molecule has 1 aliphatic carbocycles. The van der Waals surface area contributed by atoms with Crippen LogP contribution in [0.15, 0.2) is 30.3 Å². The Morgan fingerprint density at radius 1 is 1.30 bits per heavy atom. The number of rotatable bonds is 9. The SMILES string of the molecule is CCCC(C1CCCC1)[C@H](CO)C(=O)NOCc1ccccc1. The Morgan fingerprint density at radius 3 is 2.61 bits per heavy atom. The molecule has 4 heteroatoms. The summed E-state index contributed by atoms with van der Waals surface area (Å²) in [6.45, 7) is 2.37. The number of benzene rings is 1. The monoisotopic (exact) mass is 319 g/mol. The number of aliphatic hydroxyl groups excluding tert-OH is 1. The minimum atomic E-state index is -0.367. The fourth-order valence-corrected chi connectivity index (χ4v) is 3.74. The van der Waals surface area contributed by atoms with Crippen LogP contribution < -0.4 is 5.48 Å². The maximum Gasteiger partial charge on any atom is 0.249 e. The summed E-state index contributed by atoms with van der Waals surface area (Å²) >= 11 is 0. The van der Waals surface area contributed by atoms with E-state index in [1.54, 1.807) is 0 Å². The van der Waals surface area contributed by atoms with Crippen molar-refractivity contribution in [3.05, 3.63) is 35.9 Å². The maximum atomic E-state index is 12.4. The maximum absolute atomic E-state index is 12.4. The van der Waals surface area contributed by atoms with Gasteiger partial charge in [-0.3, -0.25) is 9.63 Å². The normalized spacial score (nSPS) is 17.8. The fourth-order valence-electron chi connectivity index (χ4n) is 3.74. The highest BCUT2D eigenvalue weighted by Crippen LogP contribution is 2.38. The average molecular weight is 319 g/mol. The molecule has 1 amide bonds. The van der Waals surface area contributed by atoms with Gasteiger partial charge in [-0.05, 0) is 23.8 Å². The van der Waals surface area contributed by atoms with E-state index < -0.39 is 0 Å². The smallest absolute Gasteiger partial charge is 0.249 e. The van der Waals surface area contributed by atoms with Crippen molar-refractivity contribution in [1.29, 1.82) is 0 Å². The van der Waals surface area contributed by atoms with E-state index in [1.807, 2.05) is 30.3 Å². The second-order valence-electron chi connectivity index (χ2n) is 6.53. The molecular formula is C19H29NO3. The molecule has 0 heterocycles. The number of nitrogens with one attached hydrogen (secondary N) is 1. The lowest BCUT2D eigenvalue weighted by Crippen LogP contribution is -2.39. The van der Waals surface area contributed by atoms with Gasteiger partial charge in [-0.2, -0.15) is 0 Å². The number of hydrogen-bond acceptors (Lipinski definition) is 3. The van der Waals surface area contributed by atoms with Gasteiger partial charge in [0.25, 0.3) is 0 Å². The molecule has 0 aliphatic heterocycles. The van der Waals surface area contributed by atoms with Crippen LogP contribution in [0.4, 0.5) is 0 Å². The molecular weight excluding hydrogens is 290 g/mol. The molecule has 23 heavy (non-hydrogen) atoms. The molecule has 1 unspecified atom stereocenters. The summed E-state index contributed by atoms with van der Waals surface area (Å²) < 4.78 is 0. The molecule has 1 aliphatic rings. The van der Waals surface area contributed by atoms with Crippen molar-refractivity contribution in [1.82, 2.24) is 5.48 Å². The molecule has 0 saturated heterocycles. The molecule has 2 N–H and O–H groups in total. The zero-order valence-electron chi connectivity index (χ0n) is 14.0. The molecule has 1 fully saturated rings. The largest absolute Gasteiger partial charge is 0.396 e. The highest BCUT2D eigenvalue weighted by molar-refractivity contribution is 5.78. The summed E-state index contributed by atoms with van der Waals surface area (Å²) in [6.07, 6.45) is 6.88. The molecule has 1 aromatic carbocycles. The van der Waals surface area contributed by atoms with Crippen LogP contribution in [0.5, 0.6) is 0 Å². The van der Waals surface area contributed by atoms with E-state index >= 15 is 0 Å².